The highest BCUT2D eigenvalue weighted by atomic mass is 35.5. The highest BCUT2D eigenvalue weighted by molar-refractivity contribution is 6.33. The van der Waals surface area contributed by atoms with Gasteiger partial charge in [-0.1, -0.05) is 24.6 Å². The molecule has 3 atom stereocenters. The average Bonchev–Trinajstić information content (AvgIpc) is 2.33. The van der Waals surface area contributed by atoms with Crippen molar-refractivity contribution in [2.45, 2.75) is 45.7 Å². The summed E-state index contributed by atoms with van der Waals surface area (Å²) in [7, 11) is 0. The Morgan fingerprint density at radius 3 is 2.72 bits per heavy atom. The normalized spacial score (nSPS) is 26.2. The lowest BCUT2D eigenvalue weighted by molar-refractivity contribution is 0.363. The van der Waals surface area contributed by atoms with E-state index in [1.807, 2.05) is 13.0 Å². The summed E-state index contributed by atoms with van der Waals surface area (Å²) in [6.45, 7) is 7.69. The summed E-state index contributed by atoms with van der Waals surface area (Å²) >= 11 is 6.42. The first-order valence-corrected chi connectivity index (χ1v) is 7.20. The molecule has 0 spiro atoms. The van der Waals surface area contributed by atoms with Gasteiger partial charge in [0.15, 0.2) is 0 Å². The Kier molecular flexibility index (Phi) is 4.18. The quantitative estimate of drug-likeness (QED) is 0.877. The van der Waals surface area contributed by atoms with E-state index in [-0.39, 0.29) is 6.04 Å². The number of nitrogens with zero attached hydrogens (tertiary/aromatic N) is 1. The van der Waals surface area contributed by atoms with Crippen LogP contribution >= 0.6 is 11.6 Å². The number of benzene rings is 1. The smallest absolute Gasteiger partial charge is 0.0642 e. The lowest BCUT2D eigenvalue weighted by Crippen LogP contribution is -2.42. The van der Waals surface area contributed by atoms with E-state index in [0.717, 1.165) is 28.7 Å². The first-order valence-electron chi connectivity index (χ1n) is 6.82. The van der Waals surface area contributed by atoms with Gasteiger partial charge in [-0.05, 0) is 50.3 Å². The summed E-state index contributed by atoms with van der Waals surface area (Å²) in [4.78, 5) is 2.43. The number of halogens is 1. The molecule has 18 heavy (non-hydrogen) atoms. The van der Waals surface area contributed by atoms with Gasteiger partial charge in [0.25, 0.3) is 0 Å². The molecule has 1 aliphatic heterocycles. The van der Waals surface area contributed by atoms with E-state index in [0.29, 0.717) is 6.04 Å². The second kappa shape index (κ2) is 5.50. The summed E-state index contributed by atoms with van der Waals surface area (Å²) in [5.41, 5.74) is 8.14. The van der Waals surface area contributed by atoms with Gasteiger partial charge in [-0.15, -0.1) is 0 Å². The van der Waals surface area contributed by atoms with Crippen LogP contribution in [0.2, 0.25) is 5.02 Å². The number of hydrogen-bond donors (Lipinski definition) is 1. The summed E-state index contributed by atoms with van der Waals surface area (Å²) in [6, 6.07) is 6.81. The maximum absolute atomic E-state index is 6.42. The second-order valence-electron chi connectivity index (χ2n) is 5.55. The molecule has 0 saturated carbocycles. The Bertz CT molecular complexity index is 417. The number of piperidine rings is 1. The van der Waals surface area contributed by atoms with E-state index in [2.05, 4.69) is 30.9 Å². The fourth-order valence-corrected chi connectivity index (χ4v) is 3.01. The molecule has 1 heterocycles. The van der Waals surface area contributed by atoms with E-state index in [1.54, 1.807) is 0 Å². The molecule has 1 aliphatic rings. The zero-order valence-electron chi connectivity index (χ0n) is 11.5. The van der Waals surface area contributed by atoms with Gasteiger partial charge < -0.3 is 10.6 Å². The predicted molar refractivity (Wildman–Crippen MR) is 79.3 cm³/mol. The zero-order chi connectivity index (χ0) is 13.3. The molecule has 2 nitrogen and oxygen atoms in total. The number of anilines is 1. The Balaban J connectivity index is 2.27. The molecule has 2 N–H and O–H groups in total. The van der Waals surface area contributed by atoms with Crippen molar-refractivity contribution in [3.05, 3.63) is 28.8 Å². The Hall–Kier alpha value is -0.730. The van der Waals surface area contributed by atoms with Crippen molar-refractivity contribution < 1.29 is 0 Å². The van der Waals surface area contributed by atoms with Crippen molar-refractivity contribution in [3.8, 4) is 0 Å². The minimum absolute atomic E-state index is 0.0363. The molecule has 0 radical (unpaired) electrons. The summed E-state index contributed by atoms with van der Waals surface area (Å²) in [6.07, 6.45) is 2.56. The topological polar surface area (TPSA) is 29.3 Å². The van der Waals surface area contributed by atoms with Crippen molar-refractivity contribution in [3.63, 3.8) is 0 Å². The minimum atomic E-state index is 0.0363. The van der Waals surface area contributed by atoms with Crippen LogP contribution in [0, 0.1) is 5.92 Å². The molecule has 0 aliphatic carbocycles. The summed E-state index contributed by atoms with van der Waals surface area (Å²) < 4.78 is 0. The highest BCUT2D eigenvalue weighted by Gasteiger charge is 2.26. The van der Waals surface area contributed by atoms with Crippen LogP contribution in [0.3, 0.4) is 0 Å². The molecule has 0 aromatic heterocycles. The second-order valence-corrected chi connectivity index (χ2v) is 5.96. The Labute approximate surface area is 115 Å². The molecule has 3 heteroatoms. The van der Waals surface area contributed by atoms with Crippen molar-refractivity contribution in [2.24, 2.45) is 11.7 Å². The number of rotatable bonds is 2. The van der Waals surface area contributed by atoms with Crippen LogP contribution in [0.1, 0.15) is 45.2 Å². The van der Waals surface area contributed by atoms with Gasteiger partial charge in [0.05, 0.1) is 10.7 Å². The molecular weight excluding hydrogens is 244 g/mol. The van der Waals surface area contributed by atoms with Crippen LogP contribution < -0.4 is 10.6 Å². The lowest BCUT2D eigenvalue weighted by atomic mass is 9.91. The third-order valence-electron chi connectivity index (χ3n) is 4.18. The van der Waals surface area contributed by atoms with Crippen molar-refractivity contribution >= 4 is 17.3 Å². The van der Waals surface area contributed by atoms with E-state index in [4.69, 9.17) is 17.3 Å². The molecule has 1 fully saturated rings. The average molecular weight is 267 g/mol. The molecule has 100 valence electrons. The lowest BCUT2D eigenvalue weighted by Gasteiger charge is -2.40. The third kappa shape index (κ3) is 2.65. The molecule has 1 aromatic carbocycles. The fourth-order valence-electron chi connectivity index (χ4n) is 2.71. The molecule has 0 bridgehead atoms. The maximum Gasteiger partial charge on any atom is 0.0642 e. The standard InChI is InChI=1S/C15H23ClN2/c1-10-5-4-8-18(12(10)3)15-7-6-13(11(2)17)9-14(15)16/h6-7,9-12H,4-5,8,17H2,1-3H3. The van der Waals surface area contributed by atoms with Gasteiger partial charge in [0.2, 0.25) is 0 Å². The van der Waals surface area contributed by atoms with E-state index in [9.17, 15) is 0 Å². The van der Waals surface area contributed by atoms with E-state index < -0.39 is 0 Å². The molecule has 1 aromatic rings. The van der Waals surface area contributed by atoms with Crippen LogP contribution in [0.4, 0.5) is 5.69 Å². The molecule has 1 saturated heterocycles. The van der Waals surface area contributed by atoms with Gasteiger partial charge in [-0.25, -0.2) is 0 Å². The molecule has 3 unspecified atom stereocenters. The van der Waals surface area contributed by atoms with Gasteiger partial charge in [0, 0.05) is 18.6 Å². The molecular formula is C15H23ClN2. The van der Waals surface area contributed by atoms with Crippen LogP contribution in [-0.4, -0.2) is 12.6 Å². The van der Waals surface area contributed by atoms with Crippen LogP contribution in [0.5, 0.6) is 0 Å². The maximum atomic E-state index is 6.42. The van der Waals surface area contributed by atoms with Gasteiger partial charge in [-0.3, -0.25) is 0 Å². The van der Waals surface area contributed by atoms with Crippen LogP contribution in [-0.2, 0) is 0 Å². The first kappa shape index (κ1) is 13.7. The molecule has 0 amide bonds. The van der Waals surface area contributed by atoms with Crippen molar-refractivity contribution in [1.29, 1.82) is 0 Å². The van der Waals surface area contributed by atoms with Gasteiger partial charge >= 0.3 is 0 Å². The molecule has 2 rings (SSSR count). The number of hydrogen-bond acceptors (Lipinski definition) is 2. The highest BCUT2D eigenvalue weighted by Crippen LogP contribution is 2.34. The Morgan fingerprint density at radius 2 is 2.11 bits per heavy atom. The van der Waals surface area contributed by atoms with Crippen molar-refractivity contribution in [1.82, 2.24) is 0 Å². The number of nitrogens with two attached hydrogens (primary N) is 1. The summed E-state index contributed by atoms with van der Waals surface area (Å²) in [5, 5.41) is 0.825. The van der Waals surface area contributed by atoms with Crippen LogP contribution in [0.25, 0.3) is 0 Å². The SMILES string of the molecule is CC(N)c1ccc(N2CCCC(C)C2C)c(Cl)c1. The minimum Gasteiger partial charge on any atom is -0.367 e. The summed E-state index contributed by atoms with van der Waals surface area (Å²) in [5.74, 6) is 0.725. The van der Waals surface area contributed by atoms with Crippen LogP contribution in [0.15, 0.2) is 18.2 Å². The van der Waals surface area contributed by atoms with Gasteiger partial charge in [-0.2, -0.15) is 0 Å². The Morgan fingerprint density at radius 1 is 1.39 bits per heavy atom. The zero-order valence-corrected chi connectivity index (χ0v) is 12.2. The predicted octanol–water partition coefficient (Wildman–Crippen LogP) is 3.98. The van der Waals surface area contributed by atoms with E-state index >= 15 is 0 Å². The first-order chi connectivity index (χ1) is 8.50. The third-order valence-corrected chi connectivity index (χ3v) is 4.48. The monoisotopic (exact) mass is 266 g/mol. The van der Waals surface area contributed by atoms with E-state index in [1.165, 1.54) is 12.8 Å². The van der Waals surface area contributed by atoms with Crippen molar-refractivity contribution in [2.75, 3.05) is 11.4 Å². The largest absolute Gasteiger partial charge is 0.367 e. The fraction of sp³-hybridized carbons (Fsp3) is 0.600. The van der Waals surface area contributed by atoms with Gasteiger partial charge in [0.1, 0.15) is 0 Å².